The maximum Gasteiger partial charge on any atom is 0.0695 e. The van der Waals surface area contributed by atoms with Gasteiger partial charge in [-0.25, -0.2) is 0 Å². The highest BCUT2D eigenvalue weighted by Gasteiger charge is 2.20. The normalized spacial score (nSPS) is 17.5. The number of H-pyrrole nitrogens is 1. The number of rotatable bonds is 8. The summed E-state index contributed by atoms with van der Waals surface area (Å²) in [5.74, 6) is 0. The number of aromatic nitrogens is 2. The molecule has 4 rings (SSSR count). The highest BCUT2D eigenvalue weighted by Crippen LogP contribution is 2.25. The summed E-state index contributed by atoms with van der Waals surface area (Å²) in [5.41, 5.74) is 5.84. The third-order valence-electron chi connectivity index (χ3n) is 5.85. The Balaban J connectivity index is 1.34. The number of aliphatic hydroxyl groups is 1. The lowest BCUT2D eigenvalue weighted by Crippen LogP contribution is -2.44. The Kier molecular flexibility index (Phi) is 6.72. The smallest absolute Gasteiger partial charge is 0.0695 e. The van der Waals surface area contributed by atoms with Gasteiger partial charge in [0, 0.05) is 31.2 Å². The zero-order valence-electron chi connectivity index (χ0n) is 16.8. The first-order chi connectivity index (χ1) is 14.3. The predicted molar refractivity (Wildman–Crippen MR) is 117 cm³/mol. The number of piperidine rings is 1. The van der Waals surface area contributed by atoms with Crippen LogP contribution in [-0.2, 0) is 6.54 Å². The lowest BCUT2D eigenvalue weighted by molar-refractivity contribution is 0.0910. The van der Waals surface area contributed by atoms with Crippen molar-refractivity contribution in [2.45, 2.75) is 31.8 Å². The number of likely N-dealkylation sites (tertiary alicyclic amines) is 1. The minimum Gasteiger partial charge on any atom is -0.395 e. The summed E-state index contributed by atoms with van der Waals surface area (Å²) in [6.07, 6.45) is 5.49. The average Bonchev–Trinajstić information content (AvgIpc) is 3.26. The molecule has 1 atom stereocenters. The SMILES string of the molecule is OCC1CCCCN1CCNCc1cn[nH]c1-c1ccc(-c2ccccc2)cc1. The van der Waals surface area contributed by atoms with Gasteiger partial charge in [0.05, 0.1) is 18.5 Å². The van der Waals surface area contributed by atoms with E-state index < -0.39 is 0 Å². The van der Waals surface area contributed by atoms with Crippen LogP contribution >= 0.6 is 0 Å². The van der Waals surface area contributed by atoms with Gasteiger partial charge in [-0.3, -0.25) is 10.00 Å². The Bertz CT molecular complexity index is 875. The zero-order valence-corrected chi connectivity index (χ0v) is 16.8. The van der Waals surface area contributed by atoms with Crippen LogP contribution in [0.25, 0.3) is 22.4 Å². The predicted octanol–water partition coefficient (Wildman–Crippen LogP) is 3.68. The molecule has 5 heteroatoms. The number of benzene rings is 2. The van der Waals surface area contributed by atoms with Crippen molar-refractivity contribution in [2.24, 2.45) is 0 Å². The van der Waals surface area contributed by atoms with Crippen molar-refractivity contribution in [3.8, 4) is 22.4 Å². The van der Waals surface area contributed by atoms with E-state index in [1.807, 2.05) is 12.3 Å². The Morgan fingerprint density at radius 1 is 1.00 bits per heavy atom. The van der Waals surface area contributed by atoms with E-state index in [2.05, 4.69) is 68.9 Å². The fraction of sp³-hybridized carbons (Fsp3) is 0.375. The molecule has 2 aromatic carbocycles. The van der Waals surface area contributed by atoms with Gasteiger partial charge < -0.3 is 10.4 Å². The highest BCUT2D eigenvalue weighted by atomic mass is 16.3. The maximum atomic E-state index is 9.55. The van der Waals surface area contributed by atoms with Gasteiger partial charge in [-0.1, -0.05) is 61.0 Å². The summed E-state index contributed by atoms with van der Waals surface area (Å²) in [7, 11) is 0. The number of aliphatic hydroxyl groups excluding tert-OH is 1. The molecule has 29 heavy (non-hydrogen) atoms. The maximum absolute atomic E-state index is 9.55. The molecule has 1 aliphatic rings. The lowest BCUT2D eigenvalue weighted by Gasteiger charge is -2.34. The Labute approximate surface area is 172 Å². The summed E-state index contributed by atoms with van der Waals surface area (Å²) >= 11 is 0. The Hall–Kier alpha value is -2.47. The van der Waals surface area contributed by atoms with Gasteiger partial charge in [0.15, 0.2) is 0 Å². The minimum absolute atomic E-state index is 0.269. The molecule has 1 fully saturated rings. The Morgan fingerprint density at radius 3 is 2.55 bits per heavy atom. The molecular weight excluding hydrogens is 360 g/mol. The fourth-order valence-electron chi connectivity index (χ4n) is 4.16. The number of aromatic amines is 1. The molecule has 0 bridgehead atoms. The average molecular weight is 391 g/mol. The van der Waals surface area contributed by atoms with Crippen LogP contribution in [0.5, 0.6) is 0 Å². The summed E-state index contributed by atoms with van der Waals surface area (Å²) < 4.78 is 0. The second-order valence-corrected chi connectivity index (χ2v) is 7.76. The second-order valence-electron chi connectivity index (χ2n) is 7.76. The van der Waals surface area contributed by atoms with Crippen LogP contribution in [0.2, 0.25) is 0 Å². The van der Waals surface area contributed by atoms with E-state index in [9.17, 15) is 5.11 Å². The van der Waals surface area contributed by atoms with E-state index in [-0.39, 0.29) is 6.61 Å². The van der Waals surface area contributed by atoms with Crippen LogP contribution in [0, 0.1) is 0 Å². The summed E-state index contributed by atoms with van der Waals surface area (Å²) in [6.45, 7) is 4.03. The van der Waals surface area contributed by atoms with E-state index in [4.69, 9.17) is 0 Å². The molecule has 1 aromatic heterocycles. The molecule has 3 N–H and O–H groups in total. The molecular formula is C24H30N4O. The summed E-state index contributed by atoms with van der Waals surface area (Å²) in [5, 5.41) is 20.5. The van der Waals surface area contributed by atoms with Gasteiger partial charge in [-0.2, -0.15) is 5.10 Å². The van der Waals surface area contributed by atoms with E-state index in [1.54, 1.807) is 0 Å². The van der Waals surface area contributed by atoms with Crippen molar-refractivity contribution in [1.29, 1.82) is 0 Å². The van der Waals surface area contributed by atoms with Crippen LogP contribution in [0.4, 0.5) is 0 Å². The minimum atomic E-state index is 0.269. The van der Waals surface area contributed by atoms with Crippen LogP contribution in [-0.4, -0.2) is 52.5 Å². The van der Waals surface area contributed by atoms with Gasteiger partial charge in [-0.15, -0.1) is 0 Å². The first kappa shape index (κ1) is 19.8. The van der Waals surface area contributed by atoms with Gasteiger partial charge in [-0.05, 0) is 36.1 Å². The van der Waals surface area contributed by atoms with Crippen molar-refractivity contribution in [2.75, 3.05) is 26.2 Å². The van der Waals surface area contributed by atoms with Crippen molar-refractivity contribution in [3.05, 3.63) is 66.4 Å². The molecule has 1 saturated heterocycles. The van der Waals surface area contributed by atoms with Crippen molar-refractivity contribution in [3.63, 3.8) is 0 Å². The van der Waals surface area contributed by atoms with Crippen molar-refractivity contribution in [1.82, 2.24) is 20.4 Å². The summed E-state index contributed by atoms with van der Waals surface area (Å²) in [6, 6.07) is 19.4. The van der Waals surface area contributed by atoms with Crippen LogP contribution in [0.15, 0.2) is 60.8 Å². The Morgan fingerprint density at radius 2 is 1.76 bits per heavy atom. The molecule has 1 aliphatic heterocycles. The molecule has 0 saturated carbocycles. The first-order valence-corrected chi connectivity index (χ1v) is 10.6. The van der Waals surface area contributed by atoms with Crippen LogP contribution in [0.3, 0.4) is 0 Å². The topological polar surface area (TPSA) is 64.2 Å². The van der Waals surface area contributed by atoms with Gasteiger partial charge >= 0.3 is 0 Å². The zero-order chi connectivity index (χ0) is 19.9. The monoisotopic (exact) mass is 390 g/mol. The molecule has 2 heterocycles. The molecule has 3 aromatic rings. The number of hydrogen-bond acceptors (Lipinski definition) is 4. The molecule has 152 valence electrons. The van der Waals surface area contributed by atoms with E-state index in [0.717, 1.165) is 43.9 Å². The largest absolute Gasteiger partial charge is 0.395 e. The van der Waals surface area contributed by atoms with E-state index in [0.29, 0.717) is 6.04 Å². The molecule has 0 amide bonds. The standard InChI is InChI=1S/C24H30N4O/c29-18-23-8-4-5-14-28(23)15-13-25-16-22-17-26-27-24(22)21-11-9-20(10-12-21)19-6-2-1-3-7-19/h1-3,6-7,9-12,17,23,25,29H,4-5,8,13-16,18H2,(H,26,27). The fourth-order valence-corrected chi connectivity index (χ4v) is 4.16. The van der Waals surface area contributed by atoms with Crippen LogP contribution in [0.1, 0.15) is 24.8 Å². The van der Waals surface area contributed by atoms with Crippen molar-refractivity contribution >= 4 is 0 Å². The molecule has 5 nitrogen and oxygen atoms in total. The first-order valence-electron chi connectivity index (χ1n) is 10.6. The molecule has 0 radical (unpaired) electrons. The van der Waals surface area contributed by atoms with Gasteiger partial charge in [0.1, 0.15) is 0 Å². The highest BCUT2D eigenvalue weighted by molar-refractivity contribution is 5.69. The molecule has 1 unspecified atom stereocenters. The molecule has 0 spiro atoms. The van der Waals surface area contributed by atoms with E-state index >= 15 is 0 Å². The second kappa shape index (κ2) is 9.83. The number of hydrogen-bond donors (Lipinski definition) is 3. The van der Waals surface area contributed by atoms with Gasteiger partial charge in [0.25, 0.3) is 0 Å². The number of nitrogens with zero attached hydrogens (tertiary/aromatic N) is 2. The summed E-state index contributed by atoms with van der Waals surface area (Å²) in [4.78, 5) is 2.41. The lowest BCUT2D eigenvalue weighted by atomic mass is 10.0. The number of nitrogens with one attached hydrogen (secondary N) is 2. The quantitative estimate of drug-likeness (QED) is 0.514. The van der Waals surface area contributed by atoms with Gasteiger partial charge in [0.2, 0.25) is 0 Å². The van der Waals surface area contributed by atoms with E-state index in [1.165, 1.54) is 29.5 Å². The molecule has 0 aliphatic carbocycles. The van der Waals surface area contributed by atoms with Crippen LogP contribution < -0.4 is 5.32 Å². The third kappa shape index (κ3) is 4.93. The third-order valence-corrected chi connectivity index (χ3v) is 5.85. The van der Waals surface area contributed by atoms with Crippen molar-refractivity contribution < 1.29 is 5.11 Å².